The van der Waals surface area contributed by atoms with E-state index in [1.165, 1.54) is 0 Å². The van der Waals surface area contributed by atoms with Crippen LogP contribution in [0.3, 0.4) is 0 Å². The third kappa shape index (κ3) is 3.62. The lowest BCUT2D eigenvalue weighted by Crippen LogP contribution is -2.60. The fraction of sp³-hybridized carbons (Fsp3) is 1.00. The summed E-state index contributed by atoms with van der Waals surface area (Å²) in [7, 11) is 0. The van der Waals surface area contributed by atoms with Crippen molar-refractivity contribution < 1.29 is 54.3 Å². The average molecular weight is 382 g/mol. The topological polar surface area (TPSA) is 168 Å². The summed E-state index contributed by atoms with van der Waals surface area (Å²) >= 11 is 0. The van der Waals surface area contributed by atoms with Gasteiger partial charge in [0.05, 0.1) is 13.2 Å². The van der Waals surface area contributed by atoms with Crippen molar-refractivity contribution in [1.82, 2.24) is 0 Å². The highest BCUT2D eigenvalue weighted by molar-refractivity contribution is 4.97. The van der Waals surface area contributed by atoms with Gasteiger partial charge in [-0.3, -0.25) is 0 Å². The monoisotopic (exact) mass is 382 g/mol. The maximum atomic E-state index is 10.4. The Bertz CT molecular complexity index is 486. The molecule has 0 bridgehead atoms. The number of rotatable bonds is 5. The van der Waals surface area contributed by atoms with Crippen molar-refractivity contribution in [2.45, 2.75) is 81.0 Å². The minimum absolute atomic E-state index is 0.598. The molecule has 0 amide bonds. The van der Waals surface area contributed by atoms with E-state index in [1.807, 2.05) is 0 Å². The molecule has 6 N–H and O–H groups in total. The summed E-state index contributed by atoms with van der Waals surface area (Å²) in [5, 5.41) is 58.9. The van der Waals surface area contributed by atoms with Crippen LogP contribution in [0.5, 0.6) is 0 Å². The van der Waals surface area contributed by atoms with Crippen molar-refractivity contribution in [2.75, 3.05) is 13.2 Å². The lowest BCUT2D eigenvalue weighted by molar-refractivity contribution is -0.325. The van der Waals surface area contributed by atoms with E-state index in [0.29, 0.717) is 0 Å². The van der Waals surface area contributed by atoms with Crippen LogP contribution in [0.2, 0.25) is 0 Å². The number of hydrogen-bond acceptors (Lipinski definition) is 11. The van der Waals surface area contributed by atoms with Crippen LogP contribution >= 0.6 is 0 Å². The van der Waals surface area contributed by atoms with E-state index in [-0.39, 0.29) is 0 Å². The number of fused-ring (bicyclic) bond motifs is 1. The summed E-state index contributed by atoms with van der Waals surface area (Å²) in [4.78, 5) is 0. The lowest BCUT2D eigenvalue weighted by atomic mass is 9.99. The molecule has 3 rings (SSSR count). The Balaban J connectivity index is 1.67. The van der Waals surface area contributed by atoms with Gasteiger partial charge in [0.2, 0.25) is 0 Å². The van der Waals surface area contributed by atoms with Gasteiger partial charge in [-0.2, -0.15) is 0 Å². The van der Waals surface area contributed by atoms with Crippen LogP contribution in [0.1, 0.15) is 13.8 Å². The Kier molecular flexibility index (Phi) is 5.88. The molecule has 11 heteroatoms. The summed E-state index contributed by atoms with van der Waals surface area (Å²) in [6.45, 7) is 2.13. The van der Waals surface area contributed by atoms with E-state index in [4.69, 9.17) is 23.7 Å². The van der Waals surface area contributed by atoms with E-state index in [9.17, 15) is 30.6 Å². The molecule has 0 aromatic rings. The highest BCUT2D eigenvalue weighted by Gasteiger charge is 2.57. The maximum absolute atomic E-state index is 10.4. The molecule has 0 unspecified atom stereocenters. The third-order valence-electron chi connectivity index (χ3n) is 4.76. The SMILES string of the molecule is CC1(C)O[C@H]2O[C@H]([C@@H](CO)O[C@@H]3O[C@@H](CO)[C@H](O)[C@@H](O)[C@H]3O)[C@H](O)[C@H]2O1. The quantitative estimate of drug-likeness (QED) is 0.278. The molecule has 152 valence electrons. The van der Waals surface area contributed by atoms with Crippen LogP contribution in [-0.2, 0) is 23.7 Å². The van der Waals surface area contributed by atoms with Gasteiger partial charge in [-0.05, 0) is 13.8 Å². The first kappa shape index (κ1) is 20.3. The van der Waals surface area contributed by atoms with Crippen LogP contribution in [0.4, 0.5) is 0 Å². The molecule has 0 aromatic carbocycles. The molecular weight excluding hydrogens is 356 g/mol. The van der Waals surface area contributed by atoms with Crippen molar-refractivity contribution >= 4 is 0 Å². The zero-order valence-corrected chi connectivity index (χ0v) is 14.4. The molecular formula is C15H26O11. The number of hydrogen-bond donors (Lipinski definition) is 6. The standard InChI is InChI=1S/C15H26O11/c1-15(2)25-12-10(21)11(24-14(12)26-15)6(4-17)23-13-9(20)8(19)7(18)5(3-16)22-13/h5-14,16-21H,3-4H2,1-2H3/t5-,6+,7-,8+,9+,10-,11+,12+,13-,14+/m0/s1. The van der Waals surface area contributed by atoms with Gasteiger partial charge in [-0.25, -0.2) is 0 Å². The number of aliphatic hydroxyl groups is 6. The Morgan fingerprint density at radius 2 is 1.62 bits per heavy atom. The van der Waals surface area contributed by atoms with Crippen molar-refractivity contribution in [3.8, 4) is 0 Å². The first-order valence-electron chi connectivity index (χ1n) is 8.44. The average Bonchev–Trinajstić information content (AvgIpc) is 3.05. The summed E-state index contributed by atoms with van der Waals surface area (Å²) in [6.07, 6.45) is -12.4. The van der Waals surface area contributed by atoms with E-state index >= 15 is 0 Å². The predicted molar refractivity (Wildman–Crippen MR) is 80.4 cm³/mol. The molecule has 0 aliphatic carbocycles. The third-order valence-corrected chi connectivity index (χ3v) is 4.76. The van der Waals surface area contributed by atoms with Crippen LogP contribution in [-0.4, -0.2) is 111 Å². The van der Waals surface area contributed by atoms with Gasteiger partial charge in [0.15, 0.2) is 18.4 Å². The second-order valence-corrected chi connectivity index (χ2v) is 7.11. The van der Waals surface area contributed by atoms with Crippen molar-refractivity contribution in [2.24, 2.45) is 0 Å². The van der Waals surface area contributed by atoms with Gasteiger partial charge in [0.1, 0.15) is 48.8 Å². The summed E-state index contributed by atoms with van der Waals surface area (Å²) in [5.41, 5.74) is 0. The van der Waals surface area contributed by atoms with Crippen molar-refractivity contribution in [3.63, 3.8) is 0 Å². The molecule has 10 atom stereocenters. The Hall–Kier alpha value is -0.440. The highest BCUT2D eigenvalue weighted by atomic mass is 16.8. The zero-order valence-electron chi connectivity index (χ0n) is 14.4. The van der Waals surface area contributed by atoms with E-state index in [0.717, 1.165) is 0 Å². The fourth-order valence-corrected chi connectivity index (χ4v) is 3.40. The van der Waals surface area contributed by atoms with Gasteiger partial charge in [0, 0.05) is 0 Å². The van der Waals surface area contributed by atoms with E-state index in [2.05, 4.69) is 0 Å². The second-order valence-electron chi connectivity index (χ2n) is 7.11. The number of aliphatic hydroxyl groups excluding tert-OH is 6. The Labute approximate surface area is 149 Å². The largest absolute Gasteiger partial charge is 0.394 e. The normalized spacial score (nSPS) is 49.2. The second kappa shape index (κ2) is 7.53. The van der Waals surface area contributed by atoms with Crippen LogP contribution in [0.15, 0.2) is 0 Å². The summed E-state index contributed by atoms with van der Waals surface area (Å²) in [6, 6.07) is 0. The van der Waals surface area contributed by atoms with Gasteiger partial charge in [0.25, 0.3) is 0 Å². The molecule has 3 saturated heterocycles. The van der Waals surface area contributed by atoms with Crippen LogP contribution in [0, 0.1) is 0 Å². The molecule has 3 aliphatic heterocycles. The molecule has 3 fully saturated rings. The molecule has 11 nitrogen and oxygen atoms in total. The molecule has 26 heavy (non-hydrogen) atoms. The lowest BCUT2D eigenvalue weighted by Gasteiger charge is -2.41. The fourth-order valence-electron chi connectivity index (χ4n) is 3.40. The van der Waals surface area contributed by atoms with Crippen LogP contribution in [0.25, 0.3) is 0 Å². The molecule has 0 aromatic heterocycles. The van der Waals surface area contributed by atoms with Gasteiger partial charge in [-0.1, -0.05) is 0 Å². The summed E-state index contributed by atoms with van der Waals surface area (Å²) in [5.74, 6) is -0.922. The van der Waals surface area contributed by atoms with E-state index in [1.54, 1.807) is 13.8 Å². The molecule has 3 aliphatic rings. The van der Waals surface area contributed by atoms with E-state index < -0.39 is 80.4 Å². The van der Waals surface area contributed by atoms with Gasteiger partial charge >= 0.3 is 0 Å². The van der Waals surface area contributed by atoms with Gasteiger partial charge < -0.3 is 54.3 Å². The highest BCUT2D eigenvalue weighted by Crippen LogP contribution is 2.39. The smallest absolute Gasteiger partial charge is 0.190 e. The van der Waals surface area contributed by atoms with Gasteiger partial charge in [-0.15, -0.1) is 0 Å². The first-order chi connectivity index (χ1) is 12.2. The minimum atomic E-state index is -1.63. The zero-order chi connectivity index (χ0) is 19.2. The minimum Gasteiger partial charge on any atom is -0.394 e. The number of ether oxygens (including phenoxy) is 5. The van der Waals surface area contributed by atoms with Crippen LogP contribution < -0.4 is 0 Å². The Morgan fingerprint density at radius 1 is 0.923 bits per heavy atom. The van der Waals surface area contributed by atoms with Crippen molar-refractivity contribution in [1.29, 1.82) is 0 Å². The molecule has 0 radical (unpaired) electrons. The Morgan fingerprint density at radius 3 is 2.19 bits per heavy atom. The predicted octanol–water partition coefficient (Wildman–Crippen LogP) is -3.60. The molecule has 0 spiro atoms. The maximum Gasteiger partial charge on any atom is 0.190 e. The molecule has 3 heterocycles. The summed E-state index contributed by atoms with van der Waals surface area (Å²) < 4.78 is 27.4. The molecule has 0 saturated carbocycles. The first-order valence-corrected chi connectivity index (χ1v) is 8.44. The van der Waals surface area contributed by atoms with Crippen molar-refractivity contribution in [3.05, 3.63) is 0 Å².